The number of aryl methyl sites for hydroxylation is 1. The van der Waals surface area contributed by atoms with Gasteiger partial charge in [-0.15, -0.1) is 0 Å². The first-order valence-corrected chi connectivity index (χ1v) is 11.1. The average Bonchev–Trinajstić information content (AvgIpc) is 3.18. The van der Waals surface area contributed by atoms with Crippen molar-refractivity contribution in [2.45, 2.75) is 11.8 Å². The number of benzene rings is 2. The molecular formula is C22H26N4O3S. The SMILES string of the molecule is COc1ccccc1C(NC(=O)NCCS(=O)Cc1ccccc1)c1nccn1C. The summed E-state index contributed by atoms with van der Waals surface area (Å²) in [5.41, 5.74) is 1.82. The number of amides is 2. The third-order valence-corrected chi connectivity index (χ3v) is 5.94. The lowest BCUT2D eigenvalue weighted by Gasteiger charge is -2.21. The molecule has 30 heavy (non-hydrogen) atoms. The molecule has 8 heteroatoms. The van der Waals surface area contributed by atoms with Gasteiger partial charge in [0.15, 0.2) is 0 Å². The number of hydrogen-bond donors (Lipinski definition) is 2. The Bertz CT molecular complexity index is 991. The van der Waals surface area contributed by atoms with Gasteiger partial charge in [-0.05, 0) is 11.6 Å². The number of carbonyl (C=O) groups excluding carboxylic acids is 1. The summed E-state index contributed by atoms with van der Waals surface area (Å²) in [6, 6.07) is 16.3. The zero-order chi connectivity index (χ0) is 21.3. The van der Waals surface area contributed by atoms with E-state index in [4.69, 9.17) is 4.74 Å². The van der Waals surface area contributed by atoms with E-state index in [0.717, 1.165) is 11.1 Å². The first-order valence-electron chi connectivity index (χ1n) is 9.62. The second-order valence-corrected chi connectivity index (χ2v) is 8.32. The number of aromatic nitrogens is 2. The van der Waals surface area contributed by atoms with Gasteiger partial charge in [0.25, 0.3) is 0 Å². The quantitative estimate of drug-likeness (QED) is 0.551. The van der Waals surface area contributed by atoms with Crippen LogP contribution in [0.1, 0.15) is 23.0 Å². The second-order valence-electron chi connectivity index (χ2n) is 6.75. The number of urea groups is 1. The van der Waals surface area contributed by atoms with Crippen molar-refractivity contribution in [2.24, 2.45) is 7.05 Å². The van der Waals surface area contributed by atoms with Gasteiger partial charge in [-0.25, -0.2) is 9.78 Å². The fourth-order valence-corrected chi connectivity index (χ4v) is 4.17. The predicted octanol–water partition coefficient (Wildman–Crippen LogP) is 2.77. The highest BCUT2D eigenvalue weighted by Crippen LogP contribution is 2.28. The Hall–Kier alpha value is -3.13. The maximum atomic E-state index is 12.6. The number of imidazole rings is 1. The van der Waals surface area contributed by atoms with Crippen LogP contribution in [0.2, 0.25) is 0 Å². The van der Waals surface area contributed by atoms with Gasteiger partial charge < -0.3 is 19.9 Å². The molecule has 0 spiro atoms. The molecule has 0 bridgehead atoms. The molecule has 0 aliphatic carbocycles. The highest BCUT2D eigenvalue weighted by Gasteiger charge is 2.23. The largest absolute Gasteiger partial charge is 0.496 e. The van der Waals surface area contributed by atoms with Gasteiger partial charge in [0.2, 0.25) is 0 Å². The average molecular weight is 427 g/mol. The lowest BCUT2D eigenvalue weighted by molar-refractivity contribution is 0.238. The van der Waals surface area contributed by atoms with Crippen LogP contribution in [0.4, 0.5) is 4.79 Å². The van der Waals surface area contributed by atoms with Gasteiger partial charge in [-0.1, -0.05) is 48.5 Å². The van der Waals surface area contributed by atoms with E-state index in [1.54, 1.807) is 13.3 Å². The van der Waals surface area contributed by atoms with Crippen LogP contribution in [0.3, 0.4) is 0 Å². The van der Waals surface area contributed by atoms with Crippen LogP contribution in [0.25, 0.3) is 0 Å². The first kappa shape index (κ1) is 21.6. The molecule has 0 saturated carbocycles. The summed E-state index contributed by atoms with van der Waals surface area (Å²) in [7, 11) is 2.41. The molecule has 2 N–H and O–H groups in total. The Morgan fingerprint density at radius 2 is 1.90 bits per heavy atom. The lowest BCUT2D eigenvalue weighted by Crippen LogP contribution is -2.40. The summed E-state index contributed by atoms with van der Waals surface area (Å²) in [5.74, 6) is 2.20. The van der Waals surface area contributed by atoms with Gasteiger partial charge in [0.1, 0.15) is 17.6 Å². The van der Waals surface area contributed by atoms with Crippen molar-refractivity contribution in [3.63, 3.8) is 0 Å². The van der Waals surface area contributed by atoms with Crippen LogP contribution in [-0.4, -0.2) is 39.2 Å². The van der Waals surface area contributed by atoms with Gasteiger partial charge >= 0.3 is 6.03 Å². The van der Waals surface area contributed by atoms with Gasteiger partial charge in [0.05, 0.1) is 7.11 Å². The maximum Gasteiger partial charge on any atom is 0.315 e. The molecule has 158 valence electrons. The van der Waals surface area contributed by atoms with Crippen LogP contribution in [0.5, 0.6) is 5.75 Å². The number of methoxy groups -OCH3 is 1. The summed E-state index contributed by atoms with van der Waals surface area (Å²) in [4.78, 5) is 17.0. The van der Waals surface area contributed by atoms with E-state index in [-0.39, 0.29) is 6.03 Å². The molecule has 2 amide bonds. The van der Waals surface area contributed by atoms with Crippen molar-refractivity contribution < 1.29 is 13.7 Å². The molecule has 0 radical (unpaired) electrons. The molecule has 2 atom stereocenters. The standard InChI is InChI=1S/C22H26N4O3S/c1-26-14-12-23-21(26)20(18-10-6-7-11-19(18)29-2)25-22(27)24-13-15-30(28)16-17-8-4-3-5-9-17/h3-12,14,20H,13,15-16H2,1-2H3,(H2,24,25,27). The smallest absolute Gasteiger partial charge is 0.315 e. The molecule has 2 aromatic carbocycles. The number of carbonyl (C=O) groups is 1. The summed E-state index contributed by atoms with van der Waals surface area (Å²) >= 11 is 0. The molecule has 1 heterocycles. The highest BCUT2D eigenvalue weighted by molar-refractivity contribution is 7.84. The van der Waals surface area contributed by atoms with Gasteiger partial charge in [-0.3, -0.25) is 4.21 Å². The maximum absolute atomic E-state index is 12.6. The minimum absolute atomic E-state index is 0.310. The topological polar surface area (TPSA) is 85.2 Å². The Kier molecular flexibility index (Phi) is 7.62. The van der Waals surface area contributed by atoms with E-state index < -0.39 is 16.8 Å². The number of nitrogens with zero attached hydrogens (tertiary/aromatic N) is 2. The Morgan fingerprint density at radius 1 is 1.17 bits per heavy atom. The summed E-state index contributed by atoms with van der Waals surface area (Å²) in [5, 5.41) is 5.76. The van der Waals surface area contributed by atoms with Crippen LogP contribution in [0.15, 0.2) is 67.0 Å². The molecule has 0 aliphatic rings. The van der Waals surface area contributed by atoms with Crippen molar-refractivity contribution >= 4 is 16.8 Å². The Balaban J connectivity index is 1.61. The highest BCUT2D eigenvalue weighted by atomic mass is 32.2. The number of nitrogens with one attached hydrogen (secondary N) is 2. The fraction of sp³-hybridized carbons (Fsp3) is 0.273. The minimum Gasteiger partial charge on any atom is -0.496 e. The van der Waals surface area contributed by atoms with E-state index in [1.807, 2.05) is 72.4 Å². The van der Waals surface area contributed by atoms with Gasteiger partial charge in [0, 0.05) is 53.9 Å². The van der Waals surface area contributed by atoms with E-state index in [2.05, 4.69) is 15.6 Å². The molecule has 7 nitrogen and oxygen atoms in total. The van der Waals surface area contributed by atoms with E-state index >= 15 is 0 Å². The fourth-order valence-electron chi connectivity index (χ4n) is 3.13. The van der Waals surface area contributed by atoms with Crippen molar-refractivity contribution in [2.75, 3.05) is 19.4 Å². The van der Waals surface area contributed by atoms with Crippen molar-refractivity contribution in [3.05, 3.63) is 83.9 Å². The van der Waals surface area contributed by atoms with Gasteiger partial charge in [-0.2, -0.15) is 0 Å². The van der Waals surface area contributed by atoms with Crippen LogP contribution < -0.4 is 15.4 Å². The summed E-state index contributed by atoms with van der Waals surface area (Å²) in [6.07, 6.45) is 3.51. The number of ether oxygens (including phenoxy) is 1. The molecule has 1 aromatic heterocycles. The van der Waals surface area contributed by atoms with Crippen LogP contribution >= 0.6 is 0 Å². The Labute approximate surface area is 178 Å². The normalized spacial score (nSPS) is 12.7. The molecule has 3 aromatic rings. The van der Waals surface area contributed by atoms with Crippen LogP contribution in [0, 0.1) is 0 Å². The molecule has 0 aliphatic heterocycles. The van der Waals surface area contributed by atoms with Crippen LogP contribution in [-0.2, 0) is 23.6 Å². The summed E-state index contributed by atoms with van der Waals surface area (Å²) < 4.78 is 19.6. The number of para-hydroxylation sites is 1. The predicted molar refractivity (Wildman–Crippen MR) is 118 cm³/mol. The van der Waals surface area contributed by atoms with E-state index in [0.29, 0.717) is 29.6 Å². The molecule has 0 saturated heterocycles. The monoisotopic (exact) mass is 426 g/mol. The molecule has 0 fully saturated rings. The van der Waals surface area contributed by atoms with E-state index in [9.17, 15) is 9.00 Å². The lowest BCUT2D eigenvalue weighted by atomic mass is 10.0. The first-order chi connectivity index (χ1) is 14.6. The minimum atomic E-state index is -1.05. The van der Waals surface area contributed by atoms with Crippen molar-refractivity contribution in [1.82, 2.24) is 20.2 Å². The molecular weight excluding hydrogens is 400 g/mol. The van der Waals surface area contributed by atoms with E-state index in [1.165, 1.54) is 0 Å². The second kappa shape index (κ2) is 10.6. The van der Waals surface area contributed by atoms with Crippen molar-refractivity contribution in [1.29, 1.82) is 0 Å². The number of hydrogen-bond acceptors (Lipinski definition) is 4. The Morgan fingerprint density at radius 3 is 2.60 bits per heavy atom. The number of rotatable bonds is 9. The molecule has 3 rings (SSSR count). The zero-order valence-electron chi connectivity index (χ0n) is 17.1. The third kappa shape index (κ3) is 5.70. The third-order valence-electron chi connectivity index (χ3n) is 4.63. The summed E-state index contributed by atoms with van der Waals surface area (Å²) in [6.45, 7) is 0.310. The zero-order valence-corrected chi connectivity index (χ0v) is 17.9. The van der Waals surface area contributed by atoms with Crippen molar-refractivity contribution in [3.8, 4) is 5.75 Å². The molecule has 2 unspecified atom stereocenters.